The number of hydrogen-bond acceptors (Lipinski definition) is 4. The summed E-state index contributed by atoms with van der Waals surface area (Å²) >= 11 is 1.52. The lowest BCUT2D eigenvalue weighted by atomic mass is 9.98. The molecule has 1 amide bonds. The molecule has 0 N–H and O–H groups in total. The first kappa shape index (κ1) is 9.02. The van der Waals surface area contributed by atoms with E-state index in [9.17, 15) is 4.79 Å². The van der Waals surface area contributed by atoms with Crippen LogP contribution in [0.2, 0.25) is 0 Å². The summed E-state index contributed by atoms with van der Waals surface area (Å²) in [5.41, 5.74) is -0.0469. The van der Waals surface area contributed by atoms with Crippen LogP contribution in [0.25, 0.3) is 0 Å². The van der Waals surface area contributed by atoms with E-state index in [1.807, 2.05) is 0 Å². The molecule has 0 radical (unpaired) electrons. The summed E-state index contributed by atoms with van der Waals surface area (Å²) in [6.07, 6.45) is 0. The zero-order valence-corrected chi connectivity index (χ0v) is 8.56. The first-order valence-electron chi connectivity index (χ1n) is 4.17. The van der Waals surface area contributed by atoms with Gasteiger partial charge in [-0.2, -0.15) is 4.99 Å². The zero-order valence-electron chi connectivity index (χ0n) is 7.74. The van der Waals surface area contributed by atoms with Crippen molar-refractivity contribution in [3.63, 3.8) is 0 Å². The highest BCUT2D eigenvalue weighted by molar-refractivity contribution is 8.14. The highest BCUT2D eigenvalue weighted by atomic mass is 32.2. The standard InChI is InChI=1S/C8H12N2O2S/c1-8(12-2)4-10(5-8)7-9-6(11)3-13-7/h3-5H2,1-2H3. The average Bonchev–Trinajstić information content (AvgIpc) is 2.46. The predicted octanol–water partition coefficient (Wildman–Crippen LogP) is 0.337. The van der Waals surface area contributed by atoms with E-state index >= 15 is 0 Å². The SMILES string of the molecule is COC1(C)CN(C2=NC(=O)CS2)C1. The third-order valence-electron chi connectivity index (χ3n) is 2.36. The van der Waals surface area contributed by atoms with E-state index in [0.29, 0.717) is 5.75 Å². The number of thioether (sulfide) groups is 1. The molecule has 0 bridgehead atoms. The Bertz CT molecular complexity index is 271. The molecular weight excluding hydrogens is 188 g/mol. The van der Waals surface area contributed by atoms with Gasteiger partial charge in [0.15, 0.2) is 5.17 Å². The van der Waals surface area contributed by atoms with Crippen LogP contribution in [0.5, 0.6) is 0 Å². The van der Waals surface area contributed by atoms with E-state index in [4.69, 9.17) is 4.74 Å². The highest BCUT2D eigenvalue weighted by Gasteiger charge is 2.41. The fraction of sp³-hybridized carbons (Fsp3) is 0.750. The number of rotatable bonds is 1. The predicted molar refractivity (Wildman–Crippen MR) is 51.9 cm³/mol. The molecule has 0 unspecified atom stereocenters. The molecule has 1 saturated heterocycles. The summed E-state index contributed by atoms with van der Waals surface area (Å²) in [5, 5.41) is 0.861. The first-order valence-corrected chi connectivity index (χ1v) is 5.16. The van der Waals surface area contributed by atoms with Crippen molar-refractivity contribution < 1.29 is 9.53 Å². The minimum Gasteiger partial charge on any atom is -0.375 e. The number of amides is 1. The maximum Gasteiger partial charge on any atom is 0.258 e. The maximum absolute atomic E-state index is 10.9. The van der Waals surface area contributed by atoms with Gasteiger partial charge in [0.1, 0.15) is 0 Å². The fourth-order valence-electron chi connectivity index (χ4n) is 1.49. The molecule has 5 heteroatoms. The Morgan fingerprint density at radius 3 is 2.77 bits per heavy atom. The van der Waals surface area contributed by atoms with Crippen LogP contribution in [0.15, 0.2) is 4.99 Å². The Labute approximate surface area is 81.3 Å². The third-order valence-corrected chi connectivity index (χ3v) is 3.36. The van der Waals surface area contributed by atoms with E-state index in [-0.39, 0.29) is 11.5 Å². The topological polar surface area (TPSA) is 41.9 Å². The summed E-state index contributed by atoms with van der Waals surface area (Å²) in [7, 11) is 1.71. The summed E-state index contributed by atoms with van der Waals surface area (Å²) in [6, 6.07) is 0. The summed E-state index contributed by atoms with van der Waals surface area (Å²) in [6.45, 7) is 3.73. The van der Waals surface area contributed by atoms with Gasteiger partial charge in [-0.15, -0.1) is 0 Å². The Balaban J connectivity index is 1.94. The van der Waals surface area contributed by atoms with Crippen molar-refractivity contribution >= 4 is 22.8 Å². The van der Waals surface area contributed by atoms with E-state index < -0.39 is 0 Å². The van der Waals surface area contributed by atoms with Crippen LogP contribution >= 0.6 is 11.8 Å². The smallest absolute Gasteiger partial charge is 0.258 e. The van der Waals surface area contributed by atoms with Crippen molar-refractivity contribution in [3.8, 4) is 0 Å². The van der Waals surface area contributed by atoms with Crippen molar-refractivity contribution in [3.05, 3.63) is 0 Å². The quantitative estimate of drug-likeness (QED) is 0.612. The molecule has 4 nitrogen and oxygen atoms in total. The molecule has 2 rings (SSSR count). The highest BCUT2D eigenvalue weighted by Crippen LogP contribution is 2.29. The molecule has 0 spiro atoms. The molecule has 2 heterocycles. The number of carbonyl (C=O) groups excluding carboxylic acids is 1. The molecule has 0 saturated carbocycles. The molecule has 0 aliphatic carbocycles. The third kappa shape index (κ3) is 1.58. The van der Waals surface area contributed by atoms with Crippen LogP contribution in [-0.4, -0.2) is 47.5 Å². The van der Waals surface area contributed by atoms with E-state index in [1.165, 1.54) is 11.8 Å². The second-order valence-corrected chi connectivity index (χ2v) is 4.53. The molecule has 0 atom stereocenters. The van der Waals surface area contributed by atoms with Crippen molar-refractivity contribution in [1.82, 2.24) is 4.90 Å². The Morgan fingerprint density at radius 2 is 2.31 bits per heavy atom. The van der Waals surface area contributed by atoms with Crippen LogP contribution in [0.3, 0.4) is 0 Å². The lowest BCUT2D eigenvalue weighted by Crippen LogP contribution is -2.62. The van der Waals surface area contributed by atoms with Crippen molar-refractivity contribution in [2.24, 2.45) is 4.99 Å². The number of aliphatic imine (C=N–C) groups is 1. The normalized spacial score (nSPS) is 25.8. The van der Waals surface area contributed by atoms with E-state index in [2.05, 4.69) is 16.8 Å². The van der Waals surface area contributed by atoms with Gasteiger partial charge >= 0.3 is 0 Å². The van der Waals surface area contributed by atoms with Crippen molar-refractivity contribution in [2.75, 3.05) is 26.0 Å². The molecule has 2 aliphatic heterocycles. The molecule has 13 heavy (non-hydrogen) atoms. The average molecular weight is 200 g/mol. The first-order chi connectivity index (χ1) is 6.13. The van der Waals surface area contributed by atoms with Crippen LogP contribution < -0.4 is 0 Å². The molecular formula is C8H12N2O2S. The van der Waals surface area contributed by atoms with Gasteiger partial charge < -0.3 is 9.64 Å². The Morgan fingerprint density at radius 1 is 1.62 bits per heavy atom. The molecule has 0 aromatic carbocycles. The minimum absolute atomic E-state index is 0.0222. The van der Waals surface area contributed by atoms with Gasteiger partial charge in [0, 0.05) is 7.11 Å². The van der Waals surface area contributed by atoms with Gasteiger partial charge in [-0.25, -0.2) is 0 Å². The largest absolute Gasteiger partial charge is 0.375 e. The number of nitrogens with zero attached hydrogens (tertiary/aromatic N) is 2. The van der Waals surface area contributed by atoms with Crippen LogP contribution in [-0.2, 0) is 9.53 Å². The van der Waals surface area contributed by atoms with Crippen molar-refractivity contribution in [1.29, 1.82) is 0 Å². The molecule has 72 valence electrons. The van der Waals surface area contributed by atoms with Crippen LogP contribution in [0.1, 0.15) is 6.92 Å². The molecule has 0 aromatic heterocycles. The Hall–Kier alpha value is -0.550. The lowest BCUT2D eigenvalue weighted by molar-refractivity contribution is -0.115. The molecule has 2 aliphatic rings. The van der Waals surface area contributed by atoms with E-state index in [1.54, 1.807) is 7.11 Å². The van der Waals surface area contributed by atoms with Crippen molar-refractivity contribution in [2.45, 2.75) is 12.5 Å². The zero-order chi connectivity index (χ0) is 9.47. The number of hydrogen-bond donors (Lipinski definition) is 0. The number of carbonyl (C=O) groups is 1. The number of ether oxygens (including phenoxy) is 1. The van der Waals surface area contributed by atoms with Gasteiger partial charge in [-0.1, -0.05) is 11.8 Å². The van der Waals surface area contributed by atoms with Crippen LogP contribution in [0, 0.1) is 0 Å². The summed E-state index contributed by atoms with van der Waals surface area (Å²) in [5.74, 6) is 0.473. The minimum atomic E-state index is -0.0469. The van der Waals surface area contributed by atoms with E-state index in [0.717, 1.165) is 18.3 Å². The number of amidine groups is 1. The van der Waals surface area contributed by atoms with Gasteiger partial charge in [0.05, 0.1) is 24.4 Å². The second kappa shape index (κ2) is 2.99. The van der Waals surface area contributed by atoms with Gasteiger partial charge in [0.2, 0.25) is 0 Å². The fourth-order valence-corrected chi connectivity index (χ4v) is 2.28. The Kier molecular flexibility index (Phi) is 2.08. The van der Waals surface area contributed by atoms with Gasteiger partial charge in [-0.05, 0) is 6.92 Å². The maximum atomic E-state index is 10.9. The number of likely N-dealkylation sites (tertiary alicyclic amines) is 1. The van der Waals surface area contributed by atoms with Crippen LogP contribution in [0.4, 0.5) is 0 Å². The van der Waals surface area contributed by atoms with Gasteiger partial charge in [-0.3, -0.25) is 4.79 Å². The lowest BCUT2D eigenvalue weighted by Gasteiger charge is -2.47. The number of methoxy groups -OCH3 is 1. The molecule has 0 aromatic rings. The molecule has 1 fully saturated rings. The van der Waals surface area contributed by atoms with Gasteiger partial charge in [0.25, 0.3) is 5.91 Å². The summed E-state index contributed by atoms with van der Waals surface area (Å²) < 4.78 is 5.30. The monoisotopic (exact) mass is 200 g/mol. The summed E-state index contributed by atoms with van der Waals surface area (Å²) in [4.78, 5) is 16.9. The second-order valence-electron chi connectivity index (χ2n) is 3.59.